The molecule has 0 N–H and O–H groups in total. The number of sulfone groups is 1. The van der Waals surface area contributed by atoms with Crippen LogP contribution in [0.1, 0.15) is 32.1 Å². The smallest absolute Gasteiger partial charge is 0.222 e. The van der Waals surface area contributed by atoms with E-state index in [1.54, 1.807) is 7.11 Å². The molecule has 3 atom stereocenters. The number of carbonyl (C=O) groups is 1. The molecule has 1 aliphatic carbocycles. The standard InChI is InChI=1S/C13H23NO4S/c1-18-11-5-6-12(14-7-3-4-13(14)15)10(8-11)9-19(2,16)17/h10-12H,3-9H2,1-2H3/t10-,11+,12-/m0/s1. The van der Waals surface area contributed by atoms with Gasteiger partial charge >= 0.3 is 0 Å². The lowest BCUT2D eigenvalue weighted by Gasteiger charge is -2.40. The van der Waals surface area contributed by atoms with Crippen molar-refractivity contribution in [2.75, 3.05) is 25.7 Å². The lowest BCUT2D eigenvalue weighted by Crippen LogP contribution is -2.48. The lowest BCUT2D eigenvalue weighted by molar-refractivity contribution is -0.132. The Bertz CT molecular complexity index is 434. The van der Waals surface area contributed by atoms with E-state index in [1.807, 2.05) is 4.90 Å². The fourth-order valence-electron chi connectivity index (χ4n) is 3.42. The molecule has 6 heteroatoms. The number of ether oxygens (including phenoxy) is 1. The average molecular weight is 289 g/mol. The van der Waals surface area contributed by atoms with Gasteiger partial charge < -0.3 is 9.64 Å². The predicted octanol–water partition coefficient (Wildman–Crippen LogP) is 0.837. The molecule has 1 heterocycles. The number of nitrogens with zero attached hydrogens (tertiary/aromatic N) is 1. The number of likely N-dealkylation sites (tertiary alicyclic amines) is 1. The second kappa shape index (κ2) is 5.79. The first kappa shape index (κ1) is 14.8. The van der Waals surface area contributed by atoms with Crippen molar-refractivity contribution in [3.05, 3.63) is 0 Å². The monoisotopic (exact) mass is 289 g/mol. The zero-order chi connectivity index (χ0) is 14.0. The molecular formula is C13H23NO4S. The highest BCUT2D eigenvalue weighted by molar-refractivity contribution is 7.90. The van der Waals surface area contributed by atoms with Gasteiger partial charge in [-0.15, -0.1) is 0 Å². The first-order chi connectivity index (χ1) is 8.90. The molecule has 19 heavy (non-hydrogen) atoms. The third-order valence-electron chi connectivity index (χ3n) is 4.25. The third kappa shape index (κ3) is 3.69. The van der Waals surface area contributed by atoms with Crippen LogP contribution in [0.5, 0.6) is 0 Å². The summed E-state index contributed by atoms with van der Waals surface area (Å²) < 4.78 is 28.6. The van der Waals surface area contributed by atoms with Gasteiger partial charge in [0, 0.05) is 32.4 Å². The van der Waals surface area contributed by atoms with Crippen LogP contribution in [0.15, 0.2) is 0 Å². The molecule has 2 fully saturated rings. The zero-order valence-electron chi connectivity index (χ0n) is 11.7. The highest BCUT2D eigenvalue weighted by Gasteiger charge is 2.39. The van der Waals surface area contributed by atoms with Crippen LogP contribution in [-0.4, -0.2) is 57.0 Å². The first-order valence-corrected chi connectivity index (χ1v) is 8.97. The van der Waals surface area contributed by atoms with Gasteiger partial charge in [0.1, 0.15) is 9.84 Å². The number of amides is 1. The van der Waals surface area contributed by atoms with E-state index in [9.17, 15) is 13.2 Å². The highest BCUT2D eigenvalue weighted by Crippen LogP contribution is 2.33. The maximum absolute atomic E-state index is 11.9. The van der Waals surface area contributed by atoms with Crippen molar-refractivity contribution in [1.82, 2.24) is 4.90 Å². The number of hydrogen-bond acceptors (Lipinski definition) is 4. The van der Waals surface area contributed by atoms with Crippen LogP contribution in [0, 0.1) is 5.92 Å². The molecule has 0 spiro atoms. The van der Waals surface area contributed by atoms with E-state index in [1.165, 1.54) is 6.26 Å². The maximum atomic E-state index is 11.9. The Hall–Kier alpha value is -0.620. The van der Waals surface area contributed by atoms with Crippen LogP contribution in [0.25, 0.3) is 0 Å². The van der Waals surface area contributed by atoms with Crippen LogP contribution in [0.4, 0.5) is 0 Å². The second-order valence-corrected chi connectivity index (χ2v) is 7.97. The van der Waals surface area contributed by atoms with Crippen molar-refractivity contribution in [1.29, 1.82) is 0 Å². The molecule has 0 aromatic heterocycles. The summed E-state index contributed by atoms with van der Waals surface area (Å²) in [5, 5.41) is 0. The van der Waals surface area contributed by atoms with Crippen LogP contribution in [-0.2, 0) is 19.4 Å². The Balaban J connectivity index is 2.12. The van der Waals surface area contributed by atoms with Crippen molar-refractivity contribution in [3.8, 4) is 0 Å². The van der Waals surface area contributed by atoms with E-state index in [0.29, 0.717) is 6.42 Å². The van der Waals surface area contributed by atoms with E-state index < -0.39 is 9.84 Å². The van der Waals surface area contributed by atoms with Crippen LogP contribution < -0.4 is 0 Å². The lowest BCUT2D eigenvalue weighted by atomic mass is 9.83. The van der Waals surface area contributed by atoms with Crippen molar-refractivity contribution in [2.24, 2.45) is 5.92 Å². The summed E-state index contributed by atoms with van der Waals surface area (Å²) in [6.07, 6.45) is 5.39. The maximum Gasteiger partial charge on any atom is 0.222 e. The largest absolute Gasteiger partial charge is 0.381 e. The average Bonchev–Trinajstić information content (AvgIpc) is 2.73. The molecule has 2 rings (SSSR count). The number of methoxy groups -OCH3 is 1. The number of rotatable bonds is 4. The molecule has 110 valence electrons. The fraction of sp³-hybridized carbons (Fsp3) is 0.923. The summed E-state index contributed by atoms with van der Waals surface area (Å²) in [4.78, 5) is 13.8. The Morgan fingerprint density at radius 2 is 2.11 bits per heavy atom. The summed E-state index contributed by atoms with van der Waals surface area (Å²) in [5.74, 6) is 0.344. The molecule has 0 bridgehead atoms. The van der Waals surface area contributed by atoms with Gasteiger partial charge in [-0.05, 0) is 31.6 Å². The first-order valence-electron chi connectivity index (χ1n) is 6.90. The molecule has 1 saturated heterocycles. The minimum Gasteiger partial charge on any atom is -0.381 e. The summed E-state index contributed by atoms with van der Waals surface area (Å²) in [6, 6.07) is 0.0797. The van der Waals surface area contributed by atoms with Gasteiger partial charge in [-0.25, -0.2) is 8.42 Å². The molecular weight excluding hydrogens is 266 g/mol. The van der Waals surface area contributed by atoms with Crippen molar-refractivity contribution < 1.29 is 17.9 Å². The highest BCUT2D eigenvalue weighted by atomic mass is 32.2. The molecule has 1 aliphatic heterocycles. The Morgan fingerprint density at radius 1 is 1.37 bits per heavy atom. The van der Waals surface area contributed by atoms with Gasteiger partial charge in [-0.3, -0.25) is 4.79 Å². The summed E-state index contributed by atoms with van der Waals surface area (Å²) >= 11 is 0. The molecule has 1 amide bonds. The molecule has 0 aromatic rings. The van der Waals surface area contributed by atoms with Gasteiger partial charge in [-0.1, -0.05) is 0 Å². The molecule has 0 unspecified atom stereocenters. The van der Waals surface area contributed by atoms with Gasteiger partial charge in [0.2, 0.25) is 5.91 Å². The van der Waals surface area contributed by atoms with Crippen LogP contribution in [0.2, 0.25) is 0 Å². The van der Waals surface area contributed by atoms with Crippen molar-refractivity contribution in [3.63, 3.8) is 0 Å². The quantitative estimate of drug-likeness (QED) is 0.769. The SMILES string of the molecule is CO[C@@H]1CC[C@H](N2CCCC2=O)[C@H](CS(C)(=O)=O)C1. The van der Waals surface area contributed by atoms with Gasteiger partial charge in [-0.2, -0.15) is 0 Å². The fourth-order valence-corrected chi connectivity index (χ4v) is 4.55. The summed E-state index contributed by atoms with van der Waals surface area (Å²) in [6.45, 7) is 0.779. The van der Waals surface area contributed by atoms with Crippen LogP contribution in [0.3, 0.4) is 0 Å². The molecule has 0 aromatic carbocycles. The summed E-state index contributed by atoms with van der Waals surface area (Å²) in [5.41, 5.74) is 0. The summed E-state index contributed by atoms with van der Waals surface area (Å²) in [7, 11) is -1.36. The number of carbonyl (C=O) groups excluding carboxylic acids is 1. The topological polar surface area (TPSA) is 63.7 Å². The Morgan fingerprint density at radius 3 is 2.63 bits per heavy atom. The molecule has 0 radical (unpaired) electrons. The van der Waals surface area contributed by atoms with E-state index >= 15 is 0 Å². The van der Waals surface area contributed by atoms with Gasteiger partial charge in [0.25, 0.3) is 0 Å². The minimum absolute atomic E-state index is 0.00995. The van der Waals surface area contributed by atoms with Crippen molar-refractivity contribution in [2.45, 2.75) is 44.2 Å². The van der Waals surface area contributed by atoms with E-state index in [4.69, 9.17) is 4.74 Å². The zero-order valence-corrected chi connectivity index (χ0v) is 12.5. The predicted molar refractivity (Wildman–Crippen MR) is 72.6 cm³/mol. The number of hydrogen-bond donors (Lipinski definition) is 0. The molecule has 2 aliphatic rings. The molecule has 1 saturated carbocycles. The van der Waals surface area contributed by atoms with Crippen molar-refractivity contribution >= 4 is 15.7 Å². The molecule has 5 nitrogen and oxygen atoms in total. The van der Waals surface area contributed by atoms with Crippen LogP contribution >= 0.6 is 0 Å². The second-order valence-electron chi connectivity index (χ2n) is 5.78. The van der Waals surface area contributed by atoms with E-state index in [2.05, 4.69) is 0 Å². The third-order valence-corrected chi connectivity index (χ3v) is 5.29. The van der Waals surface area contributed by atoms with E-state index in [-0.39, 0.29) is 29.7 Å². The van der Waals surface area contributed by atoms with Gasteiger partial charge in [0.15, 0.2) is 0 Å². The van der Waals surface area contributed by atoms with E-state index in [0.717, 1.165) is 32.2 Å². The Kier molecular flexibility index (Phi) is 4.50. The minimum atomic E-state index is -3.03. The normalized spacial score (nSPS) is 32.8. The Labute approximate surface area is 115 Å². The van der Waals surface area contributed by atoms with Gasteiger partial charge in [0.05, 0.1) is 11.9 Å².